The minimum atomic E-state index is -1.15. The third-order valence-electron chi connectivity index (χ3n) is 6.50. The topological polar surface area (TPSA) is 37.3 Å². The fourth-order valence-electron chi connectivity index (χ4n) is 4.40. The fraction of sp³-hybridized carbons (Fsp3) is 0.679. The van der Waals surface area contributed by atoms with Gasteiger partial charge in [0.25, 0.3) is 0 Å². The van der Waals surface area contributed by atoms with E-state index >= 15 is 0 Å². The molecule has 0 aromatic carbocycles. The summed E-state index contributed by atoms with van der Waals surface area (Å²) in [6, 6.07) is 7.64. The number of unbranched alkanes of at least 4 members (excludes halogenated alkanes) is 13. The van der Waals surface area contributed by atoms with Crippen LogP contribution in [0.2, 0.25) is 0 Å². The van der Waals surface area contributed by atoms with E-state index in [0.29, 0.717) is 0 Å². The number of hydrogen-bond donors (Lipinski definition) is 1. The van der Waals surface area contributed by atoms with Crippen molar-refractivity contribution in [3.05, 3.63) is 44.8 Å². The van der Waals surface area contributed by atoms with Crippen LogP contribution < -0.4 is 0 Å². The molecule has 2 unspecified atom stereocenters. The lowest BCUT2D eigenvalue weighted by molar-refractivity contribution is 0.0279. The van der Waals surface area contributed by atoms with Crippen LogP contribution in [0.4, 0.5) is 0 Å². The van der Waals surface area contributed by atoms with Crippen molar-refractivity contribution in [2.45, 2.75) is 120 Å². The normalized spacial score (nSPS) is 14.3. The Labute approximate surface area is 218 Å². The molecule has 0 saturated heterocycles. The van der Waals surface area contributed by atoms with Crippen molar-refractivity contribution >= 4 is 44.4 Å². The van der Waals surface area contributed by atoms with E-state index < -0.39 is 5.60 Å². The first-order valence-electron chi connectivity index (χ1n) is 13.0. The van der Waals surface area contributed by atoms with E-state index in [0.717, 1.165) is 22.6 Å². The number of rotatable bonds is 20. The van der Waals surface area contributed by atoms with Gasteiger partial charge < -0.3 is 5.11 Å². The van der Waals surface area contributed by atoms with Gasteiger partial charge in [0.15, 0.2) is 5.78 Å². The molecule has 2 aromatic rings. The Hall–Kier alpha value is -0.490. The number of aliphatic hydroxyl groups is 1. The highest BCUT2D eigenvalue weighted by Crippen LogP contribution is 2.39. The second kappa shape index (κ2) is 17.0. The van der Waals surface area contributed by atoms with Crippen LogP contribution in [-0.2, 0) is 5.60 Å². The number of thiophene rings is 2. The Morgan fingerprint density at radius 1 is 0.848 bits per heavy atom. The van der Waals surface area contributed by atoms with E-state index in [4.69, 9.17) is 0 Å². The van der Waals surface area contributed by atoms with Crippen molar-refractivity contribution < 1.29 is 9.90 Å². The Bertz CT molecular complexity index is 729. The van der Waals surface area contributed by atoms with Crippen LogP contribution in [0.25, 0.3) is 0 Å². The molecule has 2 nitrogen and oxygen atoms in total. The van der Waals surface area contributed by atoms with Crippen LogP contribution in [0.1, 0.15) is 124 Å². The minimum Gasteiger partial charge on any atom is -0.383 e. The summed E-state index contributed by atoms with van der Waals surface area (Å²) in [6.45, 7) is 2.28. The highest BCUT2D eigenvalue weighted by molar-refractivity contribution is 9.09. The van der Waals surface area contributed by atoms with Crippen LogP contribution in [0.3, 0.4) is 0 Å². The van der Waals surface area contributed by atoms with Gasteiger partial charge in [-0.05, 0) is 29.3 Å². The monoisotopic (exact) mass is 554 g/mol. The lowest BCUT2D eigenvalue weighted by Crippen LogP contribution is -2.37. The Kier molecular flexibility index (Phi) is 14.8. The molecule has 0 saturated carbocycles. The maximum atomic E-state index is 12.8. The van der Waals surface area contributed by atoms with Crippen LogP contribution >= 0.6 is 38.6 Å². The largest absolute Gasteiger partial charge is 0.383 e. The molecule has 0 aliphatic heterocycles. The highest BCUT2D eigenvalue weighted by atomic mass is 79.9. The van der Waals surface area contributed by atoms with Crippen LogP contribution in [0.15, 0.2) is 35.0 Å². The fourth-order valence-corrected chi connectivity index (χ4v) is 6.83. The molecular weight excluding hydrogens is 512 g/mol. The van der Waals surface area contributed by atoms with E-state index in [1.165, 1.54) is 106 Å². The molecular formula is C28H43BrO2S2. The zero-order valence-electron chi connectivity index (χ0n) is 20.4. The summed E-state index contributed by atoms with van der Waals surface area (Å²) in [7, 11) is 0. The van der Waals surface area contributed by atoms with E-state index in [1.54, 1.807) is 0 Å². The van der Waals surface area contributed by atoms with Crippen molar-refractivity contribution in [2.75, 3.05) is 0 Å². The molecule has 0 aliphatic rings. The van der Waals surface area contributed by atoms with Gasteiger partial charge in [0.05, 0.1) is 4.88 Å². The van der Waals surface area contributed by atoms with Gasteiger partial charge in [0, 0.05) is 16.1 Å². The smallest absolute Gasteiger partial charge is 0.176 e. The molecule has 33 heavy (non-hydrogen) atoms. The summed E-state index contributed by atoms with van der Waals surface area (Å²) >= 11 is 6.74. The summed E-state index contributed by atoms with van der Waals surface area (Å²) < 4.78 is 0. The lowest BCUT2D eigenvalue weighted by atomic mass is 9.88. The second-order valence-electron chi connectivity index (χ2n) is 9.33. The predicted octanol–water partition coefficient (Wildman–Crippen LogP) is 9.91. The number of carbonyl (C=O) groups is 1. The molecule has 0 fully saturated rings. The molecule has 2 heterocycles. The van der Waals surface area contributed by atoms with Crippen molar-refractivity contribution in [3.63, 3.8) is 0 Å². The van der Waals surface area contributed by atoms with Gasteiger partial charge in [-0.3, -0.25) is 4.79 Å². The summed E-state index contributed by atoms with van der Waals surface area (Å²) in [5.74, 6) is 0.0197. The number of halogens is 1. The van der Waals surface area contributed by atoms with Crippen LogP contribution in [0, 0.1) is 0 Å². The van der Waals surface area contributed by atoms with Gasteiger partial charge in [0.1, 0.15) is 5.60 Å². The van der Waals surface area contributed by atoms with Gasteiger partial charge in [-0.15, -0.1) is 22.7 Å². The molecule has 2 rings (SSSR count). The van der Waals surface area contributed by atoms with Gasteiger partial charge >= 0.3 is 0 Å². The third kappa shape index (κ3) is 10.8. The Morgan fingerprint density at radius 2 is 1.36 bits per heavy atom. The molecule has 2 atom stereocenters. The number of hydrogen-bond acceptors (Lipinski definition) is 4. The zero-order chi connectivity index (χ0) is 23.8. The summed E-state index contributed by atoms with van der Waals surface area (Å²) in [4.78, 5) is 14.2. The third-order valence-corrected chi connectivity index (χ3v) is 9.67. The first-order chi connectivity index (χ1) is 16.1. The predicted molar refractivity (Wildman–Crippen MR) is 149 cm³/mol. The number of Topliss-reactive ketones (excluding diaryl/α,β-unsaturated/α-hetero) is 1. The molecule has 0 bridgehead atoms. The van der Waals surface area contributed by atoms with Crippen LogP contribution in [-0.4, -0.2) is 15.7 Å². The van der Waals surface area contributed by atoms with Gasteiger partial charge in [-0.1, -0.05) is 125 Å². The van der Waals surface area contributed by atoms with Crippen molar-refractivity contribution in [2.24, 2.45) is 0 Å². The van der Waals surface area contributed by atoms with E-state index in [9.17, 15) is 9.90 Å². The maximum absolute atomic E-state index is 12.8. The average Bonchev–Trinajstić information content (AvgIpc) is 3.53. The summed E-state index contributed by atoms with van der Waals surface area (Å²) in [6.07, 6.45) is 19.8. The van der Waals surface area contributed by atoms with Crippen molar-refractivity contribution in [1.29, 1.82) is 0 Å². The number of ketones is 1. The Morgan fingerprint density at radius 3 is 1.85 bits per heavy atom. The van der Waals surface area contributed by atoms with Gasteiger partial charge in [-0.25, -0.2) is 0 Å². The summed E-state index contributed by atoms with van der Waals surface area (Å²) in [5, 5.41) is 15.4. The van der Waals surface area contributed by atoms with E-state index in [1.807, 2.05) is 35.0 Å². The molecule has 1 N–H and O–H groups in total. The zero-order valence-corrected chi connectivity index (χ0v) is 23.6. The second-order valence-corrected chi connectivity index (χ2v) is 12.3. The number of alkyl halides is 1. The molecule has 0 radical (unpaired) electrons. The molecule has 0 amide bonds. The van der Waals surface area contributed by atoms with Crippen LogP contribution in [0.5, 0.6) is 0 Å². The minimum absolute atomic E-state index is 0.0197. The van der Waals surface area contributed by atoms with Crippen molar-refractivity contribution in [3.8, 4) is 0 Å². The van der Waals surface area contributed by atoms with E-state index in [-0.39, 0.29) is 17.0 Å². The van der Waals surface area contributed by atoms with Crippen molar-refractivity contribution in [1.82, 2.24) is 0 Å². The van der Waals surface area contributed by atoms with Gasteiger partial charge in [0.2, 0.25) is 0 Å². The lowest BCUT2D eigenvalue weighted by Gasteiger charge is -2.31. The highest BCUT2D eigenvalue weighted by Gasteiger charge is 2.40. The molecule has 5 heteroatoms. The molecule has 2 aromatic heterocycles. The van der Waals surface area contributed by atoms with Gasteiger partial charge in [-0.2, -0.15) is 0 Å². The quantitative estimate of drug-likeness (QED) is 0.100. The maximum Gasteiger partial charge on any atom is 0.176 e. The molecule has 186 valence electrons. The molecule has 0 aliphatic carbocycles. The first-order valence-corrected chi connectivity index (χ1v) is 15.7. The SMILES string of the molecule is CCCCCCCCCCCCCCCCC(Br)C(O)(CC(=O)c1cccs1)c1cccs1. The first kappa shape index (κ1) is 28.7. The number of carbonyl (C=O) groups excluding carboxylic acids is 1. The standard InChI is InChI=1S/C28H43BrO2S2/c1-2-3-4-5-6-7-8-9-10-11-12-13-14-15-19-26(29)28(31,27-20-17-22-33-27)23-24(30)25-18-16-21-32-25/h16-18,20-22,26,31H,2-15,19,23H2,1H3. The van der Waals surface area contributed by atoms with E-state index in [2.05, 4.69) is 22.9 Å². The average molecular weight is 556 g/mol. The summed E-state index contributed by atoms with van der Waals surface area (Å²) in [5.41, 5.74) is -1.15. The molecule has 0 spiro atoms. The Balaban J connectivity index is 1.60.